The van der Waals surface area contributed by atoms with Crippen LogP contribution in [0.2, 0.25) is 0 Å². The number of benzene rings is 1. The lowest BCUT2D eigenvalue weighted by Gasteiger charge is -2.26. The van der Waals surface area contributed by atoms with Crippen molar-refractivity contribution in [3.05, 3.63) is 59.4 Å². The second-order valence-corrected chi connectivity index (χ2v) is 7.56. The molecule has 0 saturated carbocycles. The topological polar surface area (TPSA) is 71.5 Å². The zero-order chi connectivity index (χ0) is 19.4. The number of anilines is 1. The number of amides is 2. The molecule has 27 heavy (non-hydrogen) atoms. The molecule has 2 heterocycles. The van der Waals surface area contributed by atoms with E-state index in [1.807, 2.05) is 24.3 Å². The molecule has 1 fully saturated rings. The van der Waals surface area contributed by atoms with Gasteiger partial charge < -0.3 is 15.0 Å². The molecule has 1 aromatic carbocycles. The Labute approximate surface area is 159 Å². The van der Waals surface area contributed by atoms with Gasteiger partial charge in [0, 0.05) is 18.8 Å². The maximum Gasteiger partial charge on any atom is 0.274 e. The fourth-order valence-corrected chi connectivity index (χ4v) is 3.04. The summed E-state index contributed by atoms with van der Waals surface area (Å²) < 4.78 is 5.27. The third-order valence-electron chi connectivity index (χ3n) is 4.48. The van der Waals surface area contributed by atoms with E-state index in [9.17, 15) is 9.59 Å². The number of para-hydroxylation sites is 1. The molecule has 142 valence electrons. The summed E-state index contributed by atoms with van der Waals surface area (Å²) in [7, 11) is 0. The number of nitrogens with one attached hydrogen (secondary N) is 1. The molecule has 1 aliphatic heterocycles. The minimum atomic E-state index is -0.330. The summed E-state index contributed by atoms with van der Waals surface area (Å²) >= 11 is 0. The minimum absolute atomic E-state index is 0.106. The zero-order valence-corrected chi connectivity index (χ0v) is 16.0. The van der Waals surface area contributed by atoms with Gasteiger partial charge in [-0.1, -0.05) is 45.0 Å². The number of carbonyl (C=O) groups is 2. The Bertz CT molecular complexity index is 837. The molecule has 0 spiro atoms. The van der Waals surface area contributed by atoms with Gasteiger partial charge in [0.1, 0.15) is 11.4 Å². The Morgan fingerprint density at radius 2 is 1.67 bits per heavy atom. The monoisotopic (exact) mass is 367 g/mol. The maximum absolute atomic E-state index is 12.7. The summed E-state index contributed by atoms with van der Waals surface area (Å²) in [4.78, 5) is 31.3. The van der Waals surface area contributed by atoms with Crippen LogP contribution in [0, 0.1) is 0 Å². The van der Waals surface area contributed by atoms with Crippen LogP contribution in [0.1, 0.15) is 47.3 Å². The van der Waals surface area contributed by atoms with Gasteiger partial charge in [-0.2, -0.15) is 0 Å². The predicted octanol–water partition coefficient (Wildman–Crippen LogP) is 3.10. The van der Waals surface area contributed by atoms with Gasteiger partial charge in [0.15, 0.2) is 0 Å². The summed E-state index contributed by atoms with van der Waals surface area (Å²) in [5, 5.41) is 2.93. The van der Waals surface area contributed by atoms with Crippen molar-refractivity contribution >= 4 is 17.5 Å². The minimum Gasteiger partial charge on any atom is -0.378 e. The highest BCUT2D eigenvalue weighted by molar-refractivity contribution is 6.04. The van der Waals surface area contributed by atoms with Gasteiger partial charge in [-0.05, 0) is 29.2 Å². The van der Waals surface area contributed by atoms with E-state index >= 15 is 0 Å². The normalized spacial score (nSPS) is 14.7. The van der Waals surface area contributed by atoms with Crippen molar-refractivity contribution in [2.75, 3.05) is 31.6 Å². The summed E-state index contributed by atoms with van der Waals surface area (Å²) in [6.07, 6.45) is 0. The molecule has 2 aromatic rings. The van der Waals surface area contributed by atoms with Crippen molar-refractivity contribution in [2.45, 2.75) is 26.2 Å². The highest BCUT2D eigenvalue weighted by atomic mass is 16.5. The van der Waals surface area contributed by atoms with Crippen LogP contribution >= 0.6 is 0 Å². The third kappa shape index (κ3) is 4.52. The van der Waals surface area contributed by atoms with E-state index in [0.29, 0.717) is 26.3 Å². The number of hydrogen-bond donors (Lipinski definition) is 1. The zero-order valence-electron chi connectivity index (χ0n) is 16.0. The van der Waals surface area contributed by atoms with Gasteiger partial charge >= 0.3 is 0 Å². The first-order valence-electron chi connectivity index (χ1n) is 9.11. The molecular weight excluding hydrogens is 342 g/mol. The van der Waals surface area contributed by atoms with E-state index in [1.54, 1.807) is 23.1 Å². The highest BCUT2D eigenvalue weighted by Gasteiger charge is 2.22. The number of morpholine rings is 1. The Balaban J connectivity index is 1.79. The van der Waals surface area contributed by atoms with Gasteiger partial charge in [0.2, 0.25) is 0 Å². The number of ether oxygens (including phenoxy) is 1. The van der Waals surface area contributed by atoms with Crippen molar-refractivity contribution in [1.29, 1.82) is 0 Å². The molecule has 0 radical (unpaired) electrons. The molecule has 0 unspecified atom stereocenters. The molecular formula is C21H25N3O3. The molecule has 0 atom stereocenters. The molecule has 2 amide bonds. The van der Waals surface area contributed by atoms with E-state index in [2.05, 4.69) is 31.1 Å². The molecule has 1 N–H and O–H groups in total. The van der Waals surface area contributed by atoms with Crippen molar-refractivity contribution in [2.24, 2.45) is 0 Å². The van der Waals surface area contributed by atoms with E-state index in [0.717, 1.165) is 11.3 Å². The van der Waals surface area contributed by atoms with Crippen LogP contribution in [0.5, 0.6) is 0 Å². The fourth-order valence-electron chi connectivity index (χ4n) is 3.04. The number of rotatable bonds is 3. The number of carbonyl (C=O) groups excluding carboxylic acids is 2. The lowest BCUT2D eigenvalue weighted by Crippen LogP contribution is -2.41. The van der Waals surface area contributed by atoms with Crippen LogP contribution in [-0.2, 0) is 10.2 Å². The SMILES string of the molecule is CC(C)(C)c1ccccc1NC(=O)c1cccc(C(=O)N2CCOCC2)n1. The van der Waals surface area contributed by atoms with Gasteiger partial charge in [-0.15, -0.1) is 0 Å². The molecule has 1 saturated heterocycles. The second-order valence-electron chi connectivity index (χ2n) is 7.56. The first-order chi connectivity index (χ1) is 12.9. The number of aromatic nitrogens is 1. The molecule has 1 aliphatic rings. The third-order valence-corrected chi connectivity index (χ3v) is 4.48. The average molecular weight is 367 g/mol. The van der Waals surface area contributed by atoms with E-state index in [-0.39, 0.29) is 28.6 Å². The maximum atomic E-state index is 12.7. The molecule has 0 bridgehead atoms. The standard InChI is InChI=1S/C21H25N3O3/c1-21(2,3)15-7-4-5-8-16(15)23-19(25)17-9-6-10-18(22-17)20(26)24-11-13-27-14-12-24/h4-10H,11-14H2,1-3H3,(H,23,25). The second kappa shape index (κ2) is 7.88. The Kier molecular flexibility index (Phi) is 5.56. The Morgan fingerprint density at radius 3 is 2.37 bits per heavy atom. The molecule has 6 nitrogen and oxygen atoms in total. The summed E-state index contributed by atoms with van der Waals surface area (Å²) in [6, 6.07) is 12.7. The quantitative estimate of drug-likeness (QED) is 0.905. The first kappa shape index (κ1) is 19.0. The van der Waals surface area contributed by atoms with Crippen LogP contribution in [0.15, 0.2) is 42.5 Å². The number of nitrogens with zero attached hydrogens (tertiary/aromatic N) is 2. The van der Waals surface area contributed by atoms with Gasteiger partial charge in [0.25, 0.3) is 11.8 Å². The van der Waals surface area contributed by atoms with E-state index in [1.165, 1.54) is 0 Å². The average Bonchev–Trinajstić information content (AvgIpc) is 2.68. The van der Waals surface area contributed by atoms with Crippen molar-refractivity contribution in [1.82, 2.24) is 9.88 Å². The molecule has 6 heteroatoms. The predicted molar refractivity (Wildman–Crippen MR) is 104 cm³/mol. The Hall–Kier alpha value is -2.73. The smallest absolute Gasteiger partial charge is 0.274 e. The van der Waals surface area contributed by atoms with Crippen LogP contribution < -0.4 is 5.32 Å². The summed E-state index contributed by atoms with van der Waals surface area (Å²) in [6.45, 7) is 8.41. The molecule has 3 rings (SSSR count). The van der Waals surface area contributed by atoms with Crippen LogP contribution in [0.4, 0.5) is 5.69 Å². The van der Waals surface area contributed by atoms with Gasteiger partial charge in [0.05, 0.1) is 13.2 Å². The van der Waals surface area contributed by atoms with Gasteiger partial charge in [-0.25, -0.2) is 4.98 Å². The van der Waals surface area contributed by atoms with Crippen LogP contribution in [-0.4, -0.2) is 48.0 Å². The van der Waals surface area contributed by atoms with Crippen molar-refractivity contribution in [3.63, 3.8) is 0 Å². The lowest BCUT2D eigenvalue weighted by molar-refractivity contribution is 0.0299. The fraction of sp³-hybridized carbons (Fsp3) is 0.381. The number of pyridine rings is 1. The summed E-state index contributed by atoms with van der Waals surface area (Å²) in [5.74, 6) is -0.508. The van der Waals surface area contributed by atoms with Crippen LogP contribution in [0.3, 0.4) is 0 Å². The lowest BCUT2D eigenvalue weighted by atomic mass is 9.86. The Morgan fingerprint density at radius 1 is 1.00 bits per heavy atom. The van der Waals surface area contributed by atoms with E-state index in [4.69, 9.17) is 4.74 Å². The number of hydrogen-bond acceptors (Lipinski definition) is 4. The van der Waals surface area contributed by atoms with Crippen molar-refractivity contribution < 1.29 is 14.3 Å². The largest absolute Gasteiger partial charge is 0.378 e. The first-order valence-corrected chi connectivity index (χ1v) is 9.11. The van der Waals surface area contributed by atoms with Crippen molar-refractivity contribution in [3.8, 4) is 0 Å². The van der Waals surface area contributed by atoms with Crippen LogP contribution in [0.25, 0.3) is 0 Å². The molecule has 1 aromatic heterocycles. The van der Waals surface area contributed by atoms with E-state index < -0.39 is 0 Å². The summed E-state index contributed by atoms with van der Waals surface area (Å²) in [5.41, 5.74) is 2.18. The van der Waals surface area contributed by atoms with Gasteiger partial charge in [-0.3, -0.25) is 9.59 Å². The molecule has 0 aliphatic carbocycles. The highest BCUT2D eigenvalue weighted by Crippen LogP contribution is 2.29.